The number of likely N-dealkylation sites (tertiary alicyclic amines) is 1. The van der Waals surface area contributed by atoms with Gasteiger partial charge in [0.15, 0.2) is 0 Å². The molecule has 2 fully saturated rings. The normalized spacial score (nSPS) is 18.1. The molecule has 0 spiro atoms. The number of aryl methyl sites for hydroxylation is 2. The predicted octanol–water partition coefficient (Wildman–Crippen LogP) is 4.14. The van der Waals surface area contributed by atoms with Gasteiger partial charge in [-0.15, -0.1) is 0 Å². The SMILES string of the molecule is Cc1ccc(C)c(S(=O)(=O)Nc2cnc(N3CCCC(CN4CCCC4)C3)c(C(=O)O)c2)c1.O=C(O)C(F)(F)F. The van der Waals surface area contributed by atoms with E-state index in [1.165, 1.54) is 25.1 Å². The maximum Gasteiger partial charge on any atom is 0.490 e. The number of piperidine rings is 1. The van der Waals surface area contributed by atoms with E-state index in [-0.39, 0.29) is 16.1 Å². The van der Waals surface area contributed by atoms with Crippen molar-refractivity contribution in [1.29, 1.82) is 0 Å². The number of carboxylic acids is 2. The summed E-state index contributed by atoms with van der Waals surface area (Å²) >= 11 is 0. The Hall–Kier alpha value is -3.39. The zero-order valence-electron chi connectivity index (χ0n) is 22.2. The van der Waals surface area contributed by atoms with E-state index in [1.54, 1.807) is 19.1 Å². The van der Waals surface area contributed by atoms with Crippen molar-refractivity contribution < 1.29 is 41.4 Å². The Kier molecular flexibility index (Phi) is 10.0. The molecular formula is C26H33F3N4O6S. The van der Waals surface area contributed by atoms with Crippen LogP contribution >= 0.6 is 0 Å². The molecule has 10 nitrogen and oxygen atoms in total. The van der Waals surface area contributed by atoms with Gasteiger partial charge in [-0.1, -0.05) is 12.1 Å². The number of rotatable bonds is 7. The fourth-order valence-corrected chi connectivity index (χ4v) is 6.23. The highest BCUT2D eigenvalue weighted by atomic mass is 32.2. The van der Waals surface area contributed by atoms with Crippen LogP contribution in [0.5, 0.6) is 0 Å². The number of pyridine rings is 1. The number of sulfonamides is 1. The van der Waals surface area contributed by atoms with Gasteiger partial charge in [0.1, 0.15) is 11.4 Å². The quantitative estimate of drug-likeness (QED) is 0.437. The summed E-state index contributed by atoms with van der Waals surface area (Å²) in [6, 6.07) is 6.58. The van der Waals surface area contributed by atoms with E-state index in [0.29, 0.717) is 17.3 Å². The molecule has 3 heterocycles. The third kappa shape index (κ3) is 8.31. The van der Waals surface area contributed by atoms with Gasteiger partial charge >= 0.3 is 18.1 Å². The topological polar surface area (TPSA) is 140 Å². The molecule has 1 atom stereocenters. The number of hydrogen-bond donors (Lipinski definition) is 3. The molecule has 0 aliphatic carbocycles. The highest BCUT2D eigenvalue weighted by molar-refractivity contribution is 7.92. The number of halogens is 3. The molecule has 2 aromatic rings. The number of carboxylic acid groups (broad SMARTS) is 2. The first-order valence-electron chi connectivity index (χ1n) is 12.8. The van der Waals surface area contributed by atoms with Gasteiger partial charge in [-0.3, -0.25) is 4.72 Å². The second-order valence-electron chi connectivity index (χ2n) is 10.0. The Morgan fingerprint density at radius 1 is 1.07 bits per heavy atom. The standard InChI is InChI=1S/C24H32N4O4S.C2HF3O2/c1-17-7-8-18(2)22(12-17)33(31,32)26-20-13-21(24(29)30)23(25-14-20)28-11-5-6-19(16-28)15-27-9-3-4-10-27;3-2(4,5)1(6)7/h7-8,12-14,19,26H,3-6,9-11,15-16H2,1-2H3,(H,29,30);(H,6,7). The number of benzene rings is 1. The number of hydrogen-bond acceptors (Lipinski definition) is 7. The smallest absolute Gasteiger partial charge is 0.478 e. The molecule has 0 amide bonds. The number of anilines is 2. The van der Waals surface area contributed by atoms with Crippen LogP contribution in [0, 0.1) is 19.8 Å². The van der Waals surface area contributed by atoms with E-state index < -0.39 is 28.1 Å². The van der Waals surface area contributed by atoms with Crippen molar-refractivity contribution >= 4 is 33.5 Å². The minimum absolute atomic E-state index is 0.0120. The summed E-state index contributed by atoms with van der Waals surface area (Å²) in [7, 11) is -3.87. The van der Waals surface area contributed by atoms with Gasteiger partial charge in [-0.25, -0.2) is 23.0 Å². The van der Waals surface area contributed by atoms with E-state index in [4.69, 9.17) is 9.90 Å². The maximum absolute atomic E-state index is 12.9. The van der Waals surface area contributed by atoms with Crippen molar-refractivity contribution in [2.45, 2.75) is 50.6 Å². The molecule has 2 saturated heterocycles. The van der Waals surface area contributed by atoms with Crippen LogP contribution in [0.25, 0.3) is 0 Å². The summed E-state index contributed by atoms with van der Waals surface area (Å²) in [5.74, 6) is -2.99. The molecule has 0 saturated carbocycles. The molecule has 40 heavy (non-hydrogen) atoms. The number of alkyl halides is 3. The number of aromatic carboxylic acids is 1. The fraction of sp³-hybridized carbons (Fsp3) is 0.500. The lowest BCUT2D eigenvalue weighted by molar-refractivity contribution is -0.192. The number of aliphatic carboxylic acids is 1. The first kappa shape index (κ1) is 31.1. The van der Waals surface area contributed by atoms with Gasteiger partial charge < -0.3 is 20.0 Å². The number of nitrogens with one attached hydrogen (secondary N) is 1. The summed E-state index contributed by atoms with van der Waals surface area (Å²) in [4.78, 5) is 30.1. The van der Waals surface area contributed by atoms with Gasteiger partial charge in [-0.05, 0) is 81.8 Å². The number of nitrogens with zero attached hydrogens (tertiary/aromatic N) is 3. The molecule has 14 heteroatoms. The van der Waals surface area contributed by atoms with E-state index in [1.807, 2.05) is 17.9 Å². The molecule has 0 radical (unpaired) electrons. The van der Waals surface area contributed by atoms with Gasteiger partial charge in [0, 0.05) is 19.6 Å². The molecule has 2 aliphatic rings. The molecular weight excluding hydrogens is 553 g/mol. The first-order valence-corrected chi connectivity index (χ1v) is 14.3. The molecule has 4 rings (SSSR count). The van der Waals surface area contributed by atoms with Crippen molar-refractivity contribution in [2.24, 2.45) is 5.92 Å². The Labute approximate surface area is 230 Å². The minimum Gasteiger partial charge on any atom is -0.478 e. The lowest BCUT2D eigenvalue weighted by Crippen LogP contribution is -2.41. The van der Waals surface area contributed by atoms with E-state index in [2.05, 4.69) is 14.6 Å². The van der Waals surface area contributed by atoms with Crippen molar-refractivity contribution in [3.63, 3.8) is 0 Å². The highest BCUT2D eigenvalue weighted by Crippen LogP contribution is 2.29. The fourth-order valence-electron chi connectivity index (χ4n) is 4.87. The first-order chi connectivity index (χ1) is 18.7. The summed E-state index contributed by atoms with van der Waals surface area (Å²) < 4.78 is 60.1. The van der Waals surface area contributed by atoms with Gasteiger partial charge in [0.25, 0.3) is 10.0 Å². The molecule has 2 aliphatic heterocycles. The lowest BCUT2D eigenvalue weighted by atomic mass is 9.97. The lowest BCUT2D eigenvalue weighted by Gasteiger charge is -2.36. The summed E-state index contributed by atoms with van der Waals surface area (Å²) in [6.07, 6.45) is 0.944. The Morgan fingerprint density at radius 3 is 2.33 bits per heavy atom. The number of aromatic nitrogens is 1. The highest BCUT2D eigenvalue weighted by Gasteiger charge is 2.38. The average Bonchev–Trinajstić information content (AvgIpc) is 3.38. The van der Waals surface area contributed by atoms with Crippen LogP contribution in [0.4, 0.5) is 24.7 Å². The van der Waals surface area contributed by atoms with Crippen LogP contribution in [0.15, 0.2) is 35.4 Å². The molecule has 1 unspecified atom stereocenters. The van der Waals surface area contributed by atoms with Crippen LogP contribution in [0.2, 0.25) is 0 Å². The molecule has 0 bridgehead atoms. The van der Waals surface area contributed by atoms with Crippen LogP contribution in [0.1, 0.15) is 47.2 Å². The summed E-state index contributed by atoms with van der Waals surface area (Å²) in [5.41, 5.74) is 1.60. The monoisotopic (exact) mass is 586 g/mol. The van der Waals surface area contributed by atoms with Crippen molar-refractivity contribution in [3.05, 3.63) is 47.2 Å². The molecule has 220 valence electrons. The third-order valence-electron chi connectivity index (χ3n) is 6.76. The van der Waals surface area contributed by atoms with Gasteiger partial charge in [-0.2, -0.15) is 13.2 Å². The van der Waals surface area contributed by atoms with Gasteiger partial charge in [0.2, 0.25) is 0 Å². The van der Waals surface area contributed by atoms with Gasteiger partial charge in [0.05, 0.1) is 16.8 Å². The van der Waals surface area contributed by atoms with Crippen LogP contribution in [0.3, 0.4) is 0 Å². The zero-order chi connectivity index (χ0) is 29.7. The Bertz CT molecular complexity index is 1330. The molecule has 1 aromatic carbocycles. The second-order valence-corrected chi connectivity index (χ2v) is 11.7. The molecule has 1 aromatic heterocycles. The third-order valence-corrected chi connectivity index (χ3v) is 8.28. The summed E-state index contributed by atoms with van der Waals surface area (Å²) in [5, 5.41) is 17.0. The average molecular weight is 587 g/mol. The Balaban J connectivity index is 0.000000559. The second kappa shape index (κ2) is 12.9. The largest absolute Gasteiger partial charge is 0.490 e. The minimum atomic E-state index is -5.08. The van der Waals surface area contributed by atoms with Crippen molar-refractivity contribution in [1.82, 2.24) is 9.88 Å². The van der Waals surface area contributed by atoms with Crippen LogP contribution < -0.4 is 9.62 Å². The number of carbonyl (C=O) groups is 2. The zero-order valence-corrected chi connectivity index (χ0v) is 23.1. The predicted molar refractivity (Wildman–Crippen MR) is 142 cm³/mol. The van der Waals surface area contributed by atoms with E-state index >= 15 is 0 Å². The Morgan fingerprint density at radius 2 is 1.73 bits per heavy atom. The van der Waals surface area contributed by atoms with Crippen molar-refractivity contribution in [2.75, 3.05) is 42.3 Å². The van der Waals surface area contributed by atoms with Crippen LogP contribution in [-0.2, 0) is 14.8 Å². The van der Waals surface area contributed by atoms with E-state index in [0.717, 1.165) is 51.1 Å². The van der Waals surface area contributed by atoms with E-state index in [9.17, 15) is 31.5 Å². The maximum atomic E-state index is 12.9. The molecule has 3 N–H and O–H groups in total. The van der Waals surface area contributed by atoms with Crippen LogP contribution in [-0.4, -0.2) is 79.4 Å². The summed E-state index contributed by atoms with van der Waals surface area (Å²) in [6.45, 7) is 8.38. The van der Waals surface area contributed by atoms with Crippen molar-refractivity contribution in [3.8, 4) is 0 Å².